The number of hydrogen-bond acceptors (Lipinski definition) is 4. The third kappa shape index (κ3) is 7.39. The minimum atomic E-state index is 0.0617. The summed E-state index contributed by atoms with van der Waals surface area (Å²) >= 11 is 0. The fourth-order valence-corrected chi connectivity index (χ4v) is 8.32. The van der Waals surface area contributed by atoms with Crippen molar-refractivity contribution >= 4 is 17.3 Å². The Morgan fingerprint density at radius 3 is 1.27 bits per heavy atom. The highest BCUT2D eigenvalue weighted by Gasteiger charge is 2.26. The molecule has 1 aromatic heterocycles. The number of aryl methyl sites for hydroxylation is 6. The van der Waals surface area contributed by atoms with Crippen LogP contribution in [0.5, 0.6) is 0 Å². The molecule has 0 aliphatic rings. The van der Waals surface area contributed by atoms with E-state index in [0.29, 0.717) is 17.6 Å². The van der Waals surface area contributed by atoms with Gasteiger partial charge in [0.15, 0.2) is 11.6 Å². The second kappa shape index (κ2) is 15.6. The lowest BCUT2D eigenvalue weighted by Crippen LogP contribution is -2.16. The average Bonchev–Trinajstić information content (AvgIpc) is 3.21. The van der Waals surface area contributed by atoms with E-state index in [1.807, 2.05) is 60.7 Å². The van der Waals surface area contributed by atoms with Crippen LogP contribution < -0.4 is 4.90 Å². The Bertz CT molecular complexity index is 2470. The van der Waals surface area contributed by atoms with Gasteiger partial charge in [-0.15, -0.1) is 0 Å². The molecule has 0 saturated carbocycles. The first-order valence-electron chi connectivity index (χ1n) is 19.3. The van der Waals surface area contributed by atoms with Crippen LogP contribution in [0.25, 0.3) is 33.9 Å². The van der Waals surface area contributed by atoms with Crippen molar-refractivity contribution in [3.05, 3.63) is 214 Å². The Kier molecular flexibility index (Phi) is 10.1. The smallest absolute Gasteiger partial charge is 0.238 e. The van der Waals surface area contributed by atoms with Gasteiger partial charge in [0.05, 0.1) is 0 Å². The zero-order valence-electron chi connectivity index (χ0n) is 33.0. The Balaban J connectivity index is 1.34. The van der Waals surface area contributed by atoms with Crippen LogP contribution in [0.15, 0.2) is 164 Å². The molecule has 0 atom stereocenters. The molecular formula is C52H46N4. The molecule has 0 amide bonds. The lowest BCUT2D eigenvalue weighted by Gasteiger charge is -2.28. The Morgan fingerprint density at radius 2 is 0.804 bits per heavy atom. The predicted molar refractivity (Wildman–Crippen MR) is 233 cm³/mol. The van der Waals surface area contributed by atoms with Crippen molar-refractivity contribution in [2.45, 2.75) is 47.5 Å². The first kappa shape index (κ1) is 36.3. The van der Waals surface area contributed by atoms with Gasteiger partial charge in [-0.25, -0.2) is 4.98 Å². The van der Waals surface area contributed by atoms with Crippen LogP contribution in [0.3, 0.4) is 0 Å². The predicted octanol–water partition coefficient (Wildman–Crippen LogP) is 13.4. The molecule has 274 valence electrons. The molecule has 0 N–H and O–H groups in total. The van der Waals surface area contributed by atoms with Gasteiger partial charge in [0.1, 0.15) is 0 Å². The fourth-order valence-electron chi connectivity index (χ4n) is 8.32. The largest absolute Gasteiger partial charge is 0.279 e. The molecule has 8 aromatic rings. The molecule has 0 aliphatic carbocycles. The molecule has 0 fully saturated rings. The topological polar surface area (TPSA) is 41.9 Å². The average molecular weight is 727 g/mol. The SMILES string of the molecule is Cc1cc(C)c(C(c2ccc(N(c3cccc(-c4ccccc4)c3)c3nc(-c4ccccc4)nc(-c4ccccc4)n3)cc2)c2c(C)cc(C)cc2C)c(C)c1. The van der Waals surface area contributed by atoms with Crippen molar-refractivity contribution in [3.8, 4) is 33.9 Å². The maximum atomic E-state index is 5.20. The monoisotopic (exact) mass is 726 g/mol. The number of benzene rings is 7. The van der Waals surface area contributed by atoms with E-state index in [1.54, 1.807) is 0 Å². The van der Waals surface area contributed by atoms with E-state index in [9.17, 15) is 0 Å². The third-order valence-electron chi connectivity index (χ3n) is 10.6. The quantitative estimate of drug-likeness (QED) is 0.139. The second-order valence-electron chi connectivity index (χ2n) is 14.9. The van der Waals surface area contributed by atoms with Crippen molar-refractivity contribution < 1.29 is 0 Å². The van der Waals surface area contributed by atoms with E-state index in [2.05, 4.69) is 150 Å². The Morgan fingerprint density at radius 1 is 0.375 bits per heavy atom. The summed E-state index contributed by atoms with van der Waals surface area (Å²) < 4.78 is 0. The minimum absolute atomic E-state index is 0.0617. The molecule has 4 nitrogen and oxygen atoms in total. The maximum absolute atomic E-state index is 5.20. The van der Waals surface area contributed by atoms with E-state index in [4.69, 9.17) is 15.0 Å². The lowest BCUT2D eigenvalue weighted by atomic mass is 9.77. The number of aromatic nitrogens is 3. The van der Waals surface area contributed by atoms with Gasteiger partial charge in [0, 0.05) is 28.4 Å². The van der Waals surface area contributed by atoms with Crippen molar-refractivity contribution in [2.75, 3.05) is 4.90 Å². The van der Waals surface area contributed by atoms with E-state index in [0.717, 1.165) is 33.6 Å². The van der Waals surface area contributed by atoms with Crippen LogP contribution in [-0.4, -0.2) is 15.0 Å². The van der Waals surface area contributed by atoms with Gasteiger partial charge in [0.2, 0.25) is 5.95 Å². The first-order chi connectivity index (χ1) is 27.2. The number of hydrogen-bond donors (Lipinski definition) is 0. The zero-order chi connectivity index (χ0) is 38.8. The highest BCUT2D eigenvalue weighted by molar-refractivity contribution is 5.79. The highest BCUT2D eigenvalue weighted by atomic mass is 15.3. The molecule has 0 unspecified atom stereocenters. The van der Waals surface area contributed by atoms with Gasteiger partial charge in [-0.3, -0.25) is 4.90 Å². The maximum Gasteiger partial charge on any atom is 0.238 e. The zero-order valence-corrected chi connectivity index (χ0v) is 33.0. The number of anilines is 3. The number of nitrogens with zero attached hydrogens (tertiary/aromatic N) is 4. The first-order valence-corrected chi connectivity index (χ1v) is 19.3. The van der Waals surface area contributed by atoms with E-state index >= 15 is 0 Å². The van der Waals surface area contributed by atoms with E-state index < -0.39 is 0 Å². The van der Waals surface area contributed by atoms with Crippen molar-refractivity contribution in [1.82, 2.24) is 15.0 Å². The molecular weight excluding hydrogens is 681 g/mol. The molecule has 0 aliphatic heterocycles. The van der Waals surface area contributed by atoms with Crippen LogP contribution in [0.1, 0.15) is 56.0 Å². The van der Waals surface area contributed by atoms with Crippen LogP contribution in [0.4, 0.5) is 17.3 Å². The van der Waals surface area contributed by atoms with Crippen molar-refractivity contribution in [2.24, 2.45) is 0 Å². The molecule has 56 heavy (non-hydrogen) atoms. The summed E-state index contributed by atoms with van der Waals surface area (Å²) in [5.41, 5.74) is 17.8. The van der Waals surface area contributed by atoms with Gasteiger partial charge < -0.3 is 0 Å². The fraction of sp³-hybridized carbons (Fsp3) is 0.135. The van der Waals surface area contributed by atoms with E-state index in [-0.39, 0.29) is 5.92 Å². The molecule has 0 spiro atoms. The summed E-state index contributed by atoms with van der Waals surface area (Å²) in [6.45, 7) is 13.4. The molecule has 0 radical (unpaired) electrons. The molecule has 1 heterocycles. The number of rotatable bonds is 9. The van der Waals surface area contributed by atoms with Gasteiger partial charge in [-0.1, -0.05) is 151 Å². The second-order valence-corrected chi connectivity index (χ2v) is 14.9. The molecule has 8 rings (SSSR count). The summed E-state index contributed by atoms with van der Waals surface area (Å²) in [6, 6.07) is 57.7. The minimum Gasteiger partial charge on any atom is -0.279 e. The Labute approximate surface area is 331 Å². The van der Waals surface area contributed by atoms with Crippen molar-refractivity contribution in [1.29, 1.82) is 0 Å². The summed E-state index contributed by atoms with van der Waals surface area (Å²) in [6.07, 6.45) is 0. The molecule has 7 aromatic carbocycles. The Hall–Kier alpha value is -6.65. The van der Waals surface area contributed by atoms with Crippen LogP contribution in [0.2, 0.25) is 0 Å². The molecule has 4 heteroatoms. The van der Waals surface area contributed by atoms with Crippen molar-refractivity contribution in [3.63, 3.8) is 0 Å². The van der Waals surface area contributed by atoms with Crippen LogP contribution >= 0.6 is 0 Å². The van der Waals surface area contributed by atoms with Gasteiger partial charge >= 0.3 is 0 Å². The normalized spacial score (nSPS) is 11.2. The van der Waals surface area contributed by atoms with Gasteiger partial charge in [-0.05, 0) is 116 Å². The summed E-state index contributed by atoms with van der Waals surface area (Å²) in [5.74, 6) is 1.84. The summed E-state index contributed by atoms with van der Waals surface area (Å²) in [4.78, 5) is 17.6. The summed E-state index contributed by atoms with van der Waals surface area (Å²) in [5, 5.41) is 0. The molecule has 0 saturated heterocycles. The standard InChI is InChI=1S/C52H46N4/c1-34-29-36(3)47(37(4)30-34)49(48-38(5)31-35(2)32-39(48)6)41-25-27-45(28-26-41)56(46-24-16-23-44(33-46)40-17-10-7-11-18-40)52-54-50(42-19-12-8-13-20-42)53-51(55-52)43-21-14-9-15-22-43/h7-33,49H,1-6H3. The third-order valence-corrected chi connectivity index (χ3v) is 10.6. The molecule has 0 bridgehead atoms. The highest BCUT2D eigenvalue weighted by Crippen LogP contribution is 2.42. The van der Waals surface area contributed by atoms with Gasteiger partial charge in [0.25, 0.3) is 0 Å². The lowest BCUT2D eigenvalue weighted by molar-refractivity contribution is 0.919. The van der Waals surface area contributed by atoms with Crippen LogP contribution in [-0.2, 0) is 0 Å². The summed E-state index contributed by atoms with van der Waals surface area (Å²) in [7, 11) is 0. The van der Waals surface area contributed by atoms with Gasteiger partial charge in [-0.2, -0.15) is 9.97 Å². The van der Waals surface area contributed by atoms with Crippen LogP contribution in [0, 0.1) is 41.5 Å². The van der Waals surface area contributed by atoms with E-state index in [1.165, 1.54) is 50.1 Å².